The van der Waals surface area contributed by atoms with Gasteiger partial charge in [0.2, 0.25) is 5.91 Å². The molecule has 3 rings (SSSR count). The molecular weight excluding hydrogens is 320 g/mol. The van der Waals surface area contributed by atoms with Gasteiger partial charge >= 0.3 is 6.03 Å². The van der Waals surface area contributed by atoms with Crippen molar-refractivity contribution in [2.24, 2.45) is 5.41 Å². The first-order valence-electron chi connectivity index (χ1n) is 8.29. The van der Waals surface area contributed by atoms with Crippen molar-refractivity contribution in [2.45, 2.75) is 26.2 Å². The molecule has 1 aromatic carbocycles. The second-order valence-corrected chi connectivity index (χ2v) is 6.57. The summed E-state index contributed by atoms with van der Waals surface area (Å²) >= 11 is 0. The molecule has 0 bridgehead atoms. The van der Waals surface area contributed by atoms with Crippen molar-refractivity contribution in [3.63, 3.8) is 0 Å². The number of carbonyl (C=O) groups is 4. The summed E-state index contributed by atoms with van der Waals surface area (Å²) in [6.45, 7) is 1.18. The van der Waals surface area contributed by atoms with Crippen molar-refractivity contribution in [3.05, 3.63) is 47.5 Å². The van der Waals surface area contributed by atoms with Gasteiger partial charge in [-0.15, -0.1) is 0 Å². The van der Waals surface area contributed by atoms with Crippen LogP contribution in [0.15, 0.2) is 42.0 Å². The van der Waals surface area contributed by atoms with Crippen molar-refractivity contribution in [2.75, 3.05) is 13.6 Å². The number of ketones is 1. The van der Waals surface area contributed by atoms with Crippen LogP contribution in [0, 0.1) is 5.41 Å². The van der Waals surface area contributed by atoms with E-state index in [1.807, 2.05) is 6.08 Å². The molecule has 1 saturated heterocycles. The van der Waals surface area contributed by atoms with E-state index in [4.69, 9.17) is 0 Å². The fourth-order valence-electron chi connectivity index (χ4n) is 3.45. The second-order valence-electron chi connectivity index (χ2n) is 6.57. The van der Waals surface area contributed by atoms with E-state index in [0.717, 1.165) is 28.2 Å². The standard InChI is InChI=1S/C19H20N2O4/c1-19(14-10-6-7-11-14)16(23)20(2)18(25)21(17(19)24)12-15(22)13-8-4-3-5-9-13/h3-5,8-10H,6-7,11-12H2,1-2H3. The van der Waals surface area contributed by atoms with Gasteiger partial charge in [0.25, 0.3) is 5.91 Å². The number of imide groups is 2. The summed E-state index contributed by atoms with van der Waals surface area (Å²) in [6, 6.07) is 7.73. The zero-order valence-electron chi connectivity index (χ0n) is 14.3. The van der Waals surface area contributed by atoms with Crippen molar-refractivity contribution in [3.8, 4) is 0 Å². The fourth-order valence-corrected chi connectivity index (χ4v) is 3.45. The normalized spacial score (nSPS) is 23.9. The van der Waals surface area contributed by atoms with Crippen LogP contribution in [0.5, 0.6) is 0 Å². The van der Waals surface area contributed by atoms with Gasteiger partial charge in [-0.1, -0.05) is 36.4 Å². The van der Waals surface area contributed by atoms with Gasteiger partial charge in [0, 0.05) is 12.6 Å². The molecule has 130 valence electrons. The highest BCUT2D eigenvalue weighted by Gasteiger charge is 2.55. The summed E-state index contributed by atoms with van der Waals surface area (Å²) in [5, 5.41) is 0. The number of nitrogens with zero attached hydrogens (tertiary/aromatic N) is 2. The van der Waals surface area contributed by atoms with E-state index in [9.17, 15) is 19.2 Å². The average molecular weight is 340 g/mol. The van der Waals surface area contributed by atoms with Crippen LogP contribution in [-0.2, 0) is 9.59 Å². The monoisotopic (exact) mass is 340 g/mol. The van der Waals surface area contributed by atoms with Crippen molar-refractivity contribution in [1.82, 2.24) is 9.80 Å². The lowest BCUT2D eigenvalue weighted by molar-refractivity contribution is -0.153. The number of hydrogen-bond donors (Lipinski definition) is 0. The lowest BCUT2D eigenvalue weighted by atomic mass is 9.77. The molecule has 1 heterocycles. The Balaban J connectivity index is 1.93. The topological polar surface area (TPSA) is 74.8 Å². The van der Waals surface area contributed by atoms with Crippen LogP contribution >= 0.6 is 0 Å². The number of allylic oxidation sites excluding steroid dienone is 1. The molecule has 0 radical (unpaired) electrons. The summed E-state index contributed by atoms with van der Waals surface area (Å²) in [7, 11) is 1.35. The molecule has 1 fully saturated rings. The molecule has 0 N–H and O–H groups in total. The second kappa shape index (κ2) is 6.27. The predicted molar refractivity (Wildman–Crippen MR) is 90.7 cm³/mol. The van der Waals surface area contributed by atoms with Crippen LogP contribution < -0.4 is 0 Å². The SMILES string of the molecule is CN1C(=O)N(CC(=O)c2ccccc2)C(=O)C(C)(C2=CCCC2)C1=O. The molecule has 1 aromatic rings. The number of carbonyl (C=O) groups excluding carboxylic acids is 4. The number of amides is 4. The van der Waals surface area contributed by atoms with Gasteiger partial charge in [-0.3, -0.25) is 24.2 Å². The van der Waals surface area contributed by atoms with Crippen molar-refractivity contribution < 1.29 is 19.2 Å². The Hall–Kier alpha value is -2.76. The molecule has 1 unspecified atom stereocenters. The first-order valence-corrected chi connectivity index (χ1v) is 8.29. The van der Waals surface area contributed by atoms with Gasteiger partial charge in [0.1, 0.15) is 5.41 Å². The summed E-state index contributed by atoms with van der Waals surface area (Å²) < 4.78 is 0. The Morgan fingerprint density at radius 1 is 1.12 bits per heavy atom. The molecule has 1 aliphatic carbocycles. The van der Waals surface area contributed by atoms with Gasteiger partial charge in [-0.25, -0.2) is 4.79 Å². The largest absolute Gasteiger partial charge is 0.333 e. The van der Waals surface area contributed by atoms with Crippen LogP contribution in [0.2, 0.25) is 0 Å². The Morgan fingerprint density at radius 3 is 2.40 bits per heavy atom. The first kappa shape index (κ1) is 17.1. The molecular formula is C19H20N2O4. The highest BCUT2D eigenvalue weighted by molar-refractivity contribution is 6.21. The molecule has 0 saturated carbocycles. The van der Waals surface area contributed by atoms with Crippen LogP contribution in [0.1, 0.15) is 36.5 Å². The number of barbiturate groups is 1. The molecule has 2 aliphatic rings. The quantitative estimate of drug-likeness (QED) is 0.479. The number of hydrogen-bond acceptors (Lipinski definition) is 4. The average Bonchev–Trinajstić information content (AvgIpc) is 3.17. The summed E-state index contributed by atoms with van der Waals surface area (Å²) in [5.41, 5.74) is -0.251. The van der Waals surface area contributed by atoms with Gasteiger partial charge in [0.05, 0.1) is 6.54 Å². The molecule has 1 aliphatic heterocycles. The maximum absolute atomic E-state index is 13.0. The zero-order valence-corrected chi connectivity index (χ0v) is 14.3. The maximum atomic E-state index is 13.0. The Bertz CT molecular complexity index is 784. The predicted octanol–water partition coefficient (Wildman–Crippen LogP) is 2.41. The van der Waals surface area contributed by atoms with Gasteiger partial charge < -0.3 is 0 Å². The number of urea groups is 1. The van der Waals surface area contributed by atoms with Crippen LogP contribution in [-0.4, -0.2) is 47.0 Å². The van der Waals surface area contributed by atoms with Crippen LogP contribution in [0.3, 0.4) is 0 Å². The molecule has 4 amide bonds. The minimum Gasteiger partial charge on any atom is -0.292 e. The third-order valence-corrected chi connectivity index (χ3v) is 5.00. The molecule has 1 atom stereocenters. The Morgan fingerprint density at radius 2 is 1.80 bits per heavy atom. The van der Waals surface area contributed by atoms with E-state index in [1.165, 1.54) is 7.05 Å². The highest BCUT2D eigenvalue weighted by Crippen LogP contribution is 2.40. The number of benzene rings is 1. The summed E-state index contributed by atoms with van der Waals surface area (Å²) in [4.78, 5) is 52.5. The molecule has 0 aromatic heterocycles. The molecule has 0 spiro atoms. The maximum Gasteiger partial charge on any atom is 0.333 e. The lowest BCUT2D eigenvalue weighted by Gasteiger charge is -2.41. The van der Waals surface area contributed by atoms with Crippen LogP contribution in [0.25, 0.3) is 0 Å². The summed E-state index contributed by atoms with van der Waals surface area (Å²) in [6.07, 6.45) is 4.24. The third kappa shape index (κ3) is 2.67. The lowest BCUT2D eigenvalue weighted by Crippen LogP contribution is -2.64. The van der Waals surface area contributed by atoms with Crippen molar-refractivity contribution in [1.29, 1.82) is 0 Å². The minimum atomic E-state index is -1.41. The third-order valence-electron chi connectivity index (χ3n) is 5.00. The molecule has 6 heteroatoms. The first-order chi connectivity index (χ1) is 11.9. The molecule has 6 nitrogen and oxygen atoms in total. The highest BCUT2D eigenvalue weighted by atomic mass is 16.2. The van der Waals surface area contributed by atoms with E-state index >= 15 is 0 Å². The van der Waals surface area contributed by atoms with E-state index in [0.29, 0.717) is 12.0 Å². The van der Waals surface area contributed by atoms with Gasteiger partial charge in [-0.2, -0.15) is 0 Å². The zero-order chi connectivity index (χ0) is 18.2. The van der Waals surface area contributed by atoms with Gasteiger partial charge in [0.15, 0.2) is 5.78 Å². The minimum absolute atomic E-state index is 0.340. The van der Waals surface area contributed by atoms with Crippen LogP contribution in [0.4, 0.5) is 4.79 Å². The smallest absolute Gasteiger partial charge is 0.292 e. The van der Waals surface area contributed by atoms with Crippen molar-refractivity contribution >= 4 is 23.6 Å². The van der Waals surface area contributed by atoms with E-state index < -0.39 is 23.3 Å². The number of rotatable bonds is 4. The molecule has 25 heavy (non-hydrogen) atoms. The summed E-state index contributed by atoms with van der Waals surface area (Å²) in [5.74, 6) is -1.48. The Labute approximate surface area is 146 Å². The Kier molecular flexibility index (Phi) is 4.29. The van der Waals surface area contributed by atoms with E-state index in [2.05, 4.69) is 0 Å². The fraction of sp³-hybridized carbons (Fsp3) is 0.368. The van der Waals surface area contributed by atoms with E-state index in [-0.39, 0.29) is 12.3 Å². The van der Waals surface area contributed by atoms with E-state index in [1.54, 1.807) is 37.3 Å². The van der Waals surface area contributed by atoms with Gasteiger partial charge in [-0.05, 0) is 31.8 Å². The number of Topliss-reactive ketones (excluding diaryl/α,β-unsaturated/α-hetero) is 1.